The van der Waals surface area contributed by atoms with Crippen molar-refractivity contribution >= 4 is 63.6 Å². The van der Waals surface area contributed by atoms with Gasteiger partial charge in [-0.15, -0.1) is 11.3 Å². The third-order valence-corrected chi connectivity index (χ3v) is 13.5. The van der Waals surface area contributed by atoms with Gasteiger partial charge in [-0.25, -0.2) is 4.79 Å². The molecule has 5 heterocycles. The first-order valence-electron chi connectivity index (χ1n) is 17.6. The fourth-order valence-electron chi connectivity index (χ4n) is 6.80. The van der Waals surface area contributed by atoms with Crippen molar-refractivity contribution in [3.8, 4) is 0 Å². The van der Waals surface area contributed by atoms with Gasteiger partial charge in [0.1, 0.15) is 20.8 Å². The van der Waals surface area contributed by atoms with E-state index in [0.29, 0.717) is 44.9 Å². The van der Waals surface area contributed by atoms with Gasteiger partial charge in [0.15, 0.2) is 6.20 Å². The predicted molar refractivity (Wildman–Crippen MR) is 198 cm³/mol. The molecule has 51 heavy (non-hydrogen) atoms. The highest BCUT2D eigenvalue weighted by Gasteiger charge is 2.42. The van der Waals surface area contributed by atoms with Crippen LogP contribution in [-0.2, 0) is 24.1 Å². The lowest BCUT2D eigenvalue weighted by Gasteiger charge is -2.16. The molecule has 6 rings (SSSR count). The van der Waals surface area contributed by atoms with E-state index in [1.54, 1.807) is 16.5 Å². The Morgan fingerprint density at radius 2 is 1.90 bits per heavy atom. The quantitative estimate of drug-likeness (QED) is 0.125. The number of nitrogens with zero attached hydrogens (tertiary/aromatic N) is 3. The van der Waals surface area contributed by atoms with Crippen molar-refractivity contribution in [1.82, 2.24) is 20.5 Å². The van der Waals surface area contributed by atoms with Gasteiger partial charge in [0, 0.05) is 67.1 Å². The molecule has 3 amide bonds. The van der Waals surface area contributed by atoms with Crippen LogP contribution in [0.15, 0.2) is 52.3 Å². The zero-order valence-electron chi connectivity index (χ0n) is 28.8. The predicted octanol–water partition coefficient (Wildman–Crippen LogP) is 4.78. The van der Waals surface area contributed by atoms with Crippen LogP contribution in [0.3, 0.4) is 0 Å². The summed E-state index contributed by atoms with van der Waals surface area (Å²) in [7, 11) is 1.78. The number of hydrogen-bond acceptors (Lipinski definition) is 7. The molecular formula is C36H44F3N6O3S3+. The molecule has 3 atom stereocenters. The number of anilines is 1. The van der Waals surface area contributed by atoms with E-state index in [2.05, 4.69) is 20.5 Å². The molecule has 2 saturated heterocycles. The minimum absolute atomic E-state index is 0.0655. The highest BCUT2D eigenvalue weighted by atomic mass is 32.2. The van der Waals surface area contributed by atoms with Crippen molar-refractivity contribution in [3.05, 3.63) is 73.4 Å². The molecule has 0 spiro atoms. The second kappa shape index (κ2) is 16.5. The van der Waals surface area contributed by atoms with Crippen molar-refractivity contribution in [2.75, 3.05) is 24.2 Å². The first-order valence-corrected chi connectivity index (χ1v) is 20.2. The molecule has 15 heteroatoms. The van der Waals surface area contributed by atoms with Crippen LogP contribution in [0.5, 0.6) is 0 Å². The van der Waals surface area contributed by atoms with Crippen LogP contribution >= 0.6 is 34.9 Å². The summed E-state index contributed by atoms with van der Waals surface area (Å²) in [5.41, 5.74) is 0.758. The number of hydrogen-bond donors (Lipinski definition) is 3. The molecule has 0 unspecified atom stereocenters. The molecule has 2 aromatic heterocycles. The smallest absolute Gasteiger partial charge is 0.356 e. The van der Waals surface area contributed by atoms with Gasteiger partial charge in [-0.2, -0.15) is 29.5 Å². The van der Waals surface area contributed by atoms with E-state index < -0.39 is 11.7 Å². The van der Waals surface area contributed by atoms with Gasteiger partial charge >= 0.3 is 12.2 Å². The maximum atomic E-state index is 13.6. The molecule has 3 aliphatic rings. The van der Waals surface area contributed by atoms with Gasteiger partial charge in [0.25, 0.3) is 5.56 Å². The van der Waals surface area contributed by atoms with Crippen LogP contribution in [0.4, 0.5) is 23.7 Å². The first-order chi connectivity index (χ1) is 24.5. The van der Waals surface area contributed by atoms with Crippen LogP contribution in [0.2, 0.25) is 0 Å². The summed E-state index contributed by atoms with van der Waals surface area (Å²) in [6.07, 6.45) is 6.89. The highest BCUT2D eigenvalue weighted by Crippen LogP contribution is 2.47. The molecular weight excluding hydrogens is 718 g/mol. The SMILES string of the molecule is CCn1c(=O)/c(=C2\Sc3cc(C(F)(F)F)ccc3N2C)s/c1=C\c1cccc[n+]1CCCCCCNC(=O)CCCC[C@@H]1SC[C@@H]2NC(=O)N[C@@H]21. The minimum Gasteiger partial charge on any atom is -0.356 e. The average molecular weight is 762 g/mol. The molecule has 0 radical (unpaired) electrons. The fourth-order valence-corrected chi connectivity index (χ4v) is 10.8. The number of benzene rings is 1. The van der Waals surface area contributed by atoms with E-state index in [-0.39, 0.29) is 29.6 Å². The third kappa shape index (κ3) is 8.79. The van der Waals surface area contributed by atoms with E-state index in [4.69, 9.17) is 0 Å². The number of urea groups is 1. The summed E-state index contributed by atoms with van der Waals surface area (Å²) >= 11 is 4.46. The van der Waals surface area contributed by atoms with Crippen molar-refractivity contribution in [2.24, 2.45) is 0 Å². The number of halogens is 3. The summed E-state index contributed by atoms with van der Waals surface area (Å²) in [4.78, 5) is 39.7. The van der Waals surface area contributed by atoms with E-state index in [0.717, 1.165) is 79.7 Å². The number of rotatable bonds is 14. The Hall–Kier alpha value is -3.43. The second-order valence-electron chi connectivity index (χ2n) is 13.1. The number of carbonyl (C=O) groups excluding carboxylic acids is 2. The molecule has 274 valence electrons. The molecule has 1 aromatic carbocycles. The lowest BCUT2D eigenvalue weighted by molar-refractivity contribution is -0.699. The molecule has 3 aliphatic heterocycles. The maximum Gasteiger partial charge on any atom is 0.416 e. The summed E-state index contributed by atoms with van der Waals surface area (Å²) in [5.74, 6) is 1.05. The molecule has 0 aliphatic carbocycles. The Kier molecular flexibility index (Phi) is 12.1. The molecule has 2 fully saturated rings. The third-order valence-electron chi connectivity index (χ3n) is 9.56. The van der Waals surface area contributed by atoms with Crippen molar-refractivity contribution in [3.63, 3.8) is 0 Å². The van der Waals surface area contributed by atoms with Crippen molar-refractivity contribution < 1.29 is 27.3 Å². The lowest BCUT2D eigenvalue weighted by atomic mass is 10.0. The minimum atomic E-state index is -4.43. The number of thioether (sulfide) groups is 2. The molecule has 3 aromatic rings. The Balaban J connectivity index is 0.979. The fraction of sp³-hybridized carbons (Fsp3) is 0.500. The van der Waals surface area contributed by atoms with Crippen LogP contribution in [0.25, 0.3) is 11.1 Å². The number of aryl methyl sites for hydroxylation is 1. The van der Waals surface area contributed by atoms with Gasteiger partial charge in [0.2, 0.25) is 11.6 Å². The number of thiazole rings is 1. The average Bonchev–Trinajstić information content (AvgIpc) is 3.83. The van der Waals surface area contributed by atoms with Gasteiger partial charge in [-0.3, -0.25) is 14.2 Å². The largest absolute Gasteiger partial charge is 0.416 e. The zero-order chi connectivity index (χ0) is 36.1. The monoisotopic (exact) mass is 761 g/mol. The Morgan fingerprint density at radius 1 is 1.08 bits per heavy atom. The Labute approximate surface area is 307 Å². The normalized spacial score (nSPS) is 21.1. The molecule has 3 N–H and O–H groups in total. The summed E-state index contributed by atoms with van der Waals surface area (Å²) in [6.45, 7) is 3.86. The van der Waals surface area contributed by atoms with Gasteiger partial charge < -0.3 is 20.9 Å². The van der Waals surface area contributed by atoms with Gasteiger partial charge in [-0.05, 0) is 56.9 Å². The summed E-state index contributed by atoms with van der Waals surface area (Å²) in [6, 6.07) is 10.0. The number of alkyl halides is 3. The van der Waals surface area contributed by atoms with Crippen molar-refractivity contribution in [2.45, 2.75) is 99.8 Å². The van der Waals surface area contributed by atoms with Crippen LogP contribution in [0, 0.1) is 0 Å². The number of aromatic nitrogens is 2. The maximum absolute atomic E-state index is 13.6. The summed E-state index contributed by atoms with van der Waals surface area (Å²) < 4.78 is 45.2. The van der Waals surface area contributed by atoms with E-state index in [9.17, 15) is 27.6 Å². The zero-order valence-corrected chi connectivity index (χ0v) is 31.2. The highest BCUT2D eigenvalue weighted by molar-refractivity contribution is 8.08. The standard InChI is InChI=1S/C36H43F3N6O3S3/c1-3-45-30(51-32(33(45)47)34-43(2)26-16-15-23(36(37,38)39)20-28(26)50-34)21-24-12-8-11-19-44(24)18-10-5-4-9-17-40-29(46)14-7-6-13-27-31-25(22-49-27)41-35(48)42-31/h8,11-12,15-16,19-21,25,27,31H,3-7,9-10,13-14,17-18,22H2,1-2H3,(H2-,40,41,42,46,48)/p+1/b34-32+/t25-,27-,31-/m0/s1. The lowest BCUT2D eigenvalue weighted by Crippen LogP contribution is -2.38. The van der Waals surface area contributed by atoms with Crippen molar-refractivity contribution in [1.29, 1.82) is 0 Å². The number of unbranched alkanes of at least 4 members (excludes halogenated alkanes) is 4. The van der Waals surface area contributed by atoms with Gasteiger partial charge in [0.05, 0.1) is 23.3 Å². The number of pyridine rings is 1. The Bertz CT molecular complexity index is 1930. The van der Waals surface area contributed by atoms with E-state index in [1.807, 2.05) is 49.2 Å². The number of amides is 3. The summed E-state index contributed by atoms with van der Waals surface area (Å²) in [5, 5.41) is 10.1. The second-order valence-corrected chi connectivity index (χ2v) is 16.4. The number of fused-ring (bicyclic) bond motifs is 2. The molecule has 9 nitrogen and oxygen atoms in total. The number of nitrogens with one attached hydrogen (secondary N) is 3. The topological polar surface area (TPSA) is 99.3 Å². The first kappa shape index (κ1) is 37.3. The van der Waals surface area contributed by atoms with E-state index >= 15 is 0 Å². The Morgan fingerprint density at radius 3 is 2.71 bits per heavy atom. The van der Waals surface area contributed by atoms with Crippen LogP contribution in [0.1, 0.15) is 69.5 Å². The molecule has 0 bridgehead atoms. The van der Waals surface area contributed by atoms with Crippen LogP contribution < -0.4 is 40.2 Å². The van der Waals surface area contributed by atoms with Crippen LogP contribution in [-0.4, -0.2) is 53.2 Å². The molecule has 0 saturated carbocycles. The van der Waals surface area contributed by atoms with Gasteiger partial charge in [-0.1, -0.05) is 24.6 Å². The number of carbonyl (C=O) groups is 2. The van der Waals surface area contributed by atoms with E-state index in [1.165, 1.54) is 29.2 Å².